The fourth-order valence-corrected chi connectivity index (χ4v) is 3.43. The smallest absolute Gasteiger partial charge is 0.183 e. The number of rotatable bonds is 2. The van der Waals surface area contributed by atoms with Crippen molar-refractivity contribution in [3.8, 4) is 0 Å². The second-order valence-corrected chi connectivity index (χ2v) is 5.93. The number of hydrogen-bond donors (Lipinski definition) is 0. The van der Waals surface area contributed by atoms with Gasteiger partial charge in [0, 0.05) is 6.61 Å². The molecule has 82 valence electrons. The van der Waals surface area contributed by atoms with E-state index in [1.165, 1.54) is 0 Å². The predicted octanol–water partition coefficient (Wildman–Crippen LogP) is 1.64. The normalized spacial score (nSPS) is 22.5. The molecule has 1 saturated heterocycles. The van der Waals surface area contributed by atoms with Crippen molar-refractivity contribution in [2.45, 2.75) is 23.0 Å². The Hall–Kier alpha value is -0.870. The van der Waals surface area contributed by atoms with Crippen LogP contribution in [0.5, 0.6) is 0 Å². The lowest BCUT2D eigenvalue weighted by Gasteiger charge is -2.22. The van der Waals surface area contributed by atoms with Crippen molar-refractivity contribution in [2.24, 2.45) is 0 Å². The van der Waals surface area contributed by atoms with Crippen LogP contribution >= 0.6 is 0 Å². The van der Waals surface area contributed by atoms with Crippen LogP contribution in [0.4, 0.5) is 0 Å². The van der Waals surface area contributed by atoms with Gasteiger partial charge in [-0.25, -0.2) is 8.42 Å². The molecule has 3 nitrogen and oxygen atoms in total. The highest BCUT2D eigenvalue weighted by Gasteiger charge is 2.29. The molecular formula is C11H14O3S. The third-order valence-corrected chi connectivity index (χ3v) is 4.81. The van der Waals surface area contributed by atoms with E-state index in [0.29, 0.717) is 24.5 Å². The molecule has 1 aromatic carbocycles. The molecule has 0 aliphatic carbocycles. The molecule has 0 unspecified atom stereocenters. The van der Waals surface area contributed by atoms with Crippen LogP contribution in [0, 0.1) is 0 Å². The zero-order chi connectivity index (χ0) is 10.7. The third kappa shape index (κ3) is 2.21. The van der Waals surface area contributed by atoms with E-state index >= 15 is 0 Å². The third-order valence-electron chi connectivity index (χ3n) is 2.63. The summed E-state index contributed by atoms with van der Waals surface area (Å²) < 4.78 is 29.4. The summed E-state index contributed by atoms with van der Waals surface area (Å²) in [6, 6.07) is 8.59. The van der Waals surface area contributed by atoms with Crippen molar-refractivity contribution in [3.63, 3.8) is 0 Å². The zero-order valence-electron chi connectivity index (χ0n) is 8.43. The minimum atomic E-state index is -3.19. The molecule has 1 aromatic rings. The van der Waals surface area contributed by atoms with Crippen molar-refractivity contribution >= 4 is 9.84 Å². The lowest BCUT2D eigenvalue weighted by molar-refractivity contribution is 0.0991. The highest BCUT2D eigenvalue weighted by Crippen LogP contribution is 2.22. The second-order valence-electron chi connectivity index (χ2n) is 3.70. The molecule has 1 aliphatic rings. The Labute approximate surface area is 90.0 Å². The largest absolute Gasteiger partial charge is 0.380 e. The first-order valence-corrected chi connectivity index (χ1v) is 6.62. The molecular weight excluding hydrogens is 212 g/mol. The van der Waals surface area contributed by atoms with Crippen molar-refractivity contribution in [1.29, 1.82) is 0 Å². The Balaban J connectivity index is 2.26. The fourth-order valence-electron chi connectivity index (χ4n) is 1.76. The van der Waals surface area contributed by atoms with E-state index in [1.807, 2.05) is 6.07 Å². The van der Waals surface area contributed by atoms with Crippen LogP contribution in [0.1, 0.15) is 12.8 Å². The van der Waals surface area contributed by atoms with Gasteiger partial charge in [-0.2, -0.15) is 0 Å². The predicted molar refractivity (Wildman–Crippen MR) is 57.5 cm³/mol. The van der Waals surface area contributed by atoms with Gasteiger partial charge in [-0.05, 0) is 25.0 Å². The van der Waals surface area contributed by atoms with Crippen LogP contribution in [0.3, 0.4) is 0 Å². The summed E-state index contributed by atoms with van der Waals surface area (Å²) in [7, 11) is -3.19. The van der Waals surface area contributed by atoms with E-state index in [1.54, 1.807) is 24.3 Å². The van der Waals surface area contributed by atoms with E-state index in [9.17, 15) is 8.42 Å². The number of sulfone groups is 1. The summed E-state index contributed by atoms with van der Waals surface area (Å²) in [5, 5.41) is -0.367. The van der Waals surface area contributed by atoms with E-state index < -0.39 is 9.84 Å². The number of benzene rings is 1. The van der Waals surface area contributed by atoms with Gasteiger partial charge < -0.3 is 4.74 Å². The number of ether oxygens (including phenoxy) is 1. The lowest BCUT2D eigenvalue weighted by Crippen LogP contribution is -2.30. The van der Waals surface area contributed by atoms with Gasteiger partial charge in [0.25, 0.3) is 0 Å². The molecule has 0 N–H and O–H groups in total. The van der Waals surface area contributed by atoms with Crippen LogP contribution in [0.2, 0.25) is 0 Å². The van der Waals surface area contributed by atoms with E-state index in [2.05, 4.69) is 0 Å². The van der Waals surface area contributed by atoms with Crippen LogP contribution < -0.4 is 0 Å². The summed E-state index contributed by atoms with van der Waals surface area (Å²) >= 11 is 0. The zero-order valence-corrected chi connectivity index (χ0v) is 9.24. The lowest BCUT2D eigenvalue weighted by atomic mass is 10.2. The van der Waals surface area contributed by atoms with Gasteiger partial charge in [-0.15, -0.1) is 0 Å². The summed E-state index contributed by atoms with van der Waals surface area (Å²) in [5.41, 5.74) is 0. The van der Waals surface area contributed by atoms with E-state index in [0.717, 1.165) is 6.42 Å². The van der Waals surface area contributed by atoms with Crippen LogP contribution in [-0.4, -0.2) is 26.9 Å². The highest BCUT2D eigenvalue weighted by molar-refractivity contribution is 7.92. The van der Waals surface area contributed by atoms with E-state index in [4.69, 9.17) is 4.74 Å². The standard InChI is InChI=1S/C11H14O3S/c12-15(13,10-5-2-1-3-6-10)11-7-4-8-14-9-11/h1-3,5-6,11H,4,7-9H2/t11-/m1/s1. The van der Waals surface area contributed by atoms with Gasteiger partial charge in [0.05, 0.1) is 16.8 Å². The first-order valence-electron chi connectivity index (χ1n) is 5.08. The topological polar surface area (TPSA) is 43.4 Å². The van der Waals surface area contributed by atoms with Gasteiger partial charge in [-0.3, -0.25) is 0 Å². The molecule has 1 aliphatic heterocycles. The van der Waals surface area contributed by atoms with Crippen LogP contribution in [0.25, 0.3) is 0 Å². The molecule has 15 heavy (non-hydrogen) atoms. The SMILES string of the molecule is O=S(=O)(c1ccccc1)[C@@H]1CCCOC1. The Morgan fingerprint density at radius 2 is 1.93 bits per heavy atom. The molecule has 0 saturated carbocycles. The Bertz CT molecular complexity index is 405. The monoisotopic (exact) mass is 226 g/mol. The van der Waals surface area contributed by atoms with Gasteiger partial charge >= 0.3 is 0 Å². The van der Waals surface area contributed by atoms with Crippen molar-refractivity contribution in [3.05, 3.63) is 30.3 Å². The van der Waals surface area contributed by atoms with Crippen molar-refractivity contribution < 1.29 is 13.2 Å². The molecule has 1 fully saturated rings. The molecule has 4 heteroatoms. The van der Waals surface area contributed by atoms with Crippen LogP contribution in [0.15, 0.2) is 35.2 Å². The highest BCUT2D eigenvalue weighted by atomic mass is 32.2. The molecule has 1 atom stereocenters. The molecule has 0 spiro atoms. The maximum absolute atomic E-state index is 12.1. The Kier molecular flexibility index (Phi) is 3.07. The Morgan fingerprint density at radius 1 is 1.20 bits per heavy atom. The van der Waals surface area contributed by atoms with Gasteiger partial charge in [-0.1, -0.05) is 18.2 Å². The number of hydrogen-bond acceptors (Lipinski definition) is 3. The maximum Gasteiger partial charge on any atom is 0.183 e. The van der Waals surface area contributed by atoms with Crippen molar-refractivity contribution in [1.82, 2.24) is 0 Å². The van der Waals surface area contributed by atoms with E-state index in [-0.39, 0.29) is 5.25 Å². The summed E-state index contributed by atoms with van der Waals surface area (Å²) in [5.74, 6) is 0. The molecule has 0 aromatic heterocycles. The average molecular weight is 226 g/mol. The fraction of sp³-hybridized carbons (Fsp3) is 0.455. The summed E-state index contributed by atoms with van der Waals surface area (Å²) in [4.78, 5) is 0.403. The van der Waals surface area contributed by atoms with Gasteiger partial charge in [0.2, 0.25) is 0 Å². The average Bonchev–Trinajstić information content (AvgIpc) is 2.31. The first-order chi connectivity index (χ1) is 7.21. The van der Waals surface area contributed by atoms with Crippen LogP contribution in [-0.2, 0) is 14.6 Å². The maximum atomic E-state index is 12.1. The van der Waals surface area contributed by atoms with Gasteiger partial charge in [0.1, 0.15) is 0 Å². The van der Waals surface area contributed by atoms with Gasteiger partial charge in [0.15, 0.2) is 9.84 Å². The summed E-state index contributed by atoms with van der Waals surface area (Å²) in [6.45, 7) is 1.01. The summed E-state index contributed by atoms with van der Waals surface area (Å²) in [6.07, 6.45) is 1.54. The molecule has 0 bridgehead atoms. The quantitative estimate of drug-likeness (QED) is 0.770. The molecule has 1 heterocycles. The first kappa shape index (κ1) is 10.6. The minimum Gasteiger partial charge on any atom is -0.380 e. The Morgan fingerprint density at radius 3 is 2.53 bits per heavy atom. The van der Waals surface area contributed by atoms with Crippen molar-refractivity contribution in [2.75, 3.05) is 13.2 Å². The molecule has 2 rings (SSSR count). The minimum absolute atomic E-state index is 0.331. The molecule has 0 amide bonds. The second kappa shape index (κ2) is 4.33. The molecule has 0 radical (unpaired) electrons.